The lowest BCUT2D eigenvalue weighted by Gasteiger charge is -2.10. The number of hydrogen-bond acceptors (Lipinski definition) is 3. The summed E-state index contributed by atoms with van der Waals surface area (Å²) in [6.07, 6.45) is 2.56. The van der Waals surface area contributed by atoms with Crippen LogP contribution >= 0.6 is 22.9 Å². The van der Waals surface area contributed by atoms with Gasteiger partial charge in [-0.3, -0.25) is 4.98 Å². The molecule has 0 fully saturated rings. The monoisotopic (exact) mass is 253 g/mol. The summed E-state index contributed by atoms with van der Waals surface area (Å²) >= 11 is 7.66. The average Bonchev–Trinajstić information content (AvgIpc) is 2.79. The number of hydrogen-bond donors (Lipinski definition) is 1. The Bertz CT molecular complexity index is 444. The third kappa shape index (κ3) is 2.82. The zero-order valence-corrected chi connectivity index (χ0v) is 10.2. The molecule has 0 aromatic carbocycles. The predicted octanol–water partition coefficient (Wildman–Crippen LogP) is 3.46. The first-order chi connectivity index (χ1) is 7.77. The van der Waals surface area contributed by atoms with Crippen LogP contribution in [0.15, 0.2) is 35.8 Å². The fraction of sp³-hybridized carbons (Fsp3) is 0.250. The minimum atomic E-state index is -0.587. The maximum Gasteiger partial charge on any atom is 0.0978 e. The van der Waals surface area contributed by atoms with Crippen LogP contribution in [0.2, 0.25) is 5.02 Å². The highest BCUT2D eigenvalue weighted by Gasteiger charge is 2.12. The molecule has 0 aliphatic carbocycles. The number of pyridine rings is 1. The maximum atomic E-state index is 9.96. The Morgan fingerprint density at radius 1 is 1.38 bits per heavy atom. The van der Waals surface area contributed by atoms with Crippen LogP contribution in [0, 0.1) is 0 Å². The van der Waals surface area contributed by atoms with Crippen molar-refractivity contribution in [2.24, 2.45) is 0 Å². The van der Waals surface area contributed by atoms with E-state index in [9.17, 15) is 5.11 Å². The molecule has 0 bridgehead atoms. The molecule has 2 rings (SSSR count). The van der Waals surface area contributed by atoms with Crippen LogP contribution in [0.1, 0.15) is 23.1 Å². The van der Waals surface area contributed by atoms with Crippen LogP contribution in [0.3, 0.4) is 0 Å². The van der Waals surface area contributed by atoms with Crippen molar-refractivity contribution in [3.05, 3.63) is 51.4 Å². The van der Waals surface area contributed by atoms with E-state index in [1.54, 1.807) is 29.7 Å². The van der Waals surface area contributed by atoms with E-state index in [4.69, 9.17) is 11.6 Å². The summed E-state index contributed by atoms with van der Waals surface area (Å²) in [7, 11) is 0. The van der Waals surface area contributed by atoms with Crippen LogP contribution in [0.25, 0.3) is 0 Å². The van der Waals surface area contributed by atoms with Crippen molar-refractivity contribution in [2.45, 2.75) is 18.9 Å². The number of aromatic nitrogens is 1. The third-order valence-corrected chi connectivity index (χ3v) is 3.60. The van der Waals surface area contributed by atoms with Crippen molar-refractivity contribution in [3.63, 3.8) is 0 Å². The number of aryl methyl sites for hydroxylation is 1. The molecule has 4 heteroatoms. The average molecular weight is 254 g/mol. The largest absolute Gasteiger partial charge is 0.387 e. The van der Waals surface area contributed by atoms with E-state index in [2.05, 4.69) is 11.1 Å². The van der Waals surface area contributed by atoms with Crippen LogP contribution in [-0.2, 0) is 6.42 Å². The highest BCUT2D eigenvalue weighted by molar-refractivity contribution is 7.09. The minimum absolute atomic E-state index is 0.529. The summed E-state index contributed by atoms with van der Waals surface area (Å²) in [6.45, 7) is 0. The number of nitrogens with zero attached hydrogens (tertiary/aromatic N) is 1. The first-order valence-electron chi connectivity index (χ1n) is 5.08. The summed E-state index contributed by atoms with van der Waals surface area (Å²) < 4.78 is 0. The molecule has 0 aliphatic rings. The van der Waals surface area contributed by atoms with Crippen LogP contribution < -0.4 is 0 Å². The van der Waals surface area contributed by atoms with Gasteiger partial charge in [0.25, 0.3) is 0 Å². The van der Waals surface area contributed by atoms with Gasteiger partial charge in [0.1, 0.15) is 0 Å². The van der Waals surface area contributed by atoms with E-state index in [0.29, 0.717) is 17.1 Å². The Morgan fingerprint density at radius 3 is 2.94 bits per heavy atom. The van der Waals surface area contributed by atoms with Crippen LogP contribution in [-0.4, -0.2) is 10.1 Å². The molecule has 2 heterocycles. The van der Waals surface area contributed by atoms with E-state index in [0.717, 1.165) is 6.42 Å². The van der Waals surface area contributed by atoms with Gasteiger partial charge in [0.2, 0.25) is 0 Å². The summed E-state index contributed by atoms with van der Waals surface area (Å²) in [5.74, 6) is 0. The molecule has 0 saturated heterocycles. The molecule has 0 spiro atoms. The Labute approximate surface area is 104 Å². The highest BCUT2D eigenvalue weighted by Crippen LogP contribution is 2.24. The van der Waals surface area contributed by atoms with Gasteiger partial charge in [-0.2, -0.15) is 0 Å². The Kier molecular flexibility index (Phi) is 3.93. The molecule has 0 aliphatic heterocycles. The smallest absolute Gasteiger partial charge is 0.0978 e. The molecule has 2 aromatic heterocycles. The van der Waals surface area contributed by atoms with Crippen molar-refractivity contribution in [3.8, 4) is 0 Å². The SMILES string of the molecule is OC(CCc1cccs1)c1ncccc1Cl. The van der Waals surface area contributed by atoms with E-state index in [1.807, 2.05) is 11.4 Å². The van der Waals surface area contributed by atoms with Gasteiger partial charge in [-0.05, 0) is 36.4 Å². The molecule has 1 N–H and O–H groups in total. The summed E-state index contributed by atoms with van der Waals surface area (Å²) in [4.78, 5) is 5.37. The van der Waals surface area contributed by atoms with Crippen LogP contribution in [0.4, 0.5) is 0 Å². The molecule has 16 heavy (non-hydrogen) atoms. The number of aliphatic hydroxyl groups is 1. The fourth-order valence-electron chi connectivity index (χ4n) is 1.51. The van der Waals surface area contributed by atoms with Gasteiger partial charge in [-0.25, -0.2) is 0 Å². The second-order valence-corrected chi connectivity index (χ2v) is 4.94. The molecule has 0 radical (unpaired) electrons. The number of thiophene rings is 1. The Balaban J connectivity index is 1.98. The molecule has 2 nitrogen and oxygen atoms in total. The van der Waals surface area contributed by atoms with Crippen LogP contribution in [0.5, 0.6) is 0 Å². The van der Waals surface area contributed by atoms with E-state index in [-0.39, 0.29) is 0 Å². The summed E-state index contributed by atoms with van der Waals surface area (Å²) in [6, 6.07) is 7.59. The lowest BCUT2D eigenvalue weighted by Crippen LogP contribution is -2.02. The van der Waals surface area contributed by atoms with E-state index >= 15 is 0 Å². The molecule has 0 amide bonds. The van der Waals surface area contributed by atoms with Crippen molar-refractivity contribution < 1.29 is 5.11 Å². The first kappa shape index (κ1) is 11.6. The summed E-state index contributed by atoms with van der Waals surface area (Å²) in [5, 5.41) is 12.5. The third-order valence-electron chi connectivity index (χ3n) is 2.35. The fourth-order valence-corrected chi connectivity index (χ4v) is 2.49. The molecule has 1 atom stereocenters. The quantitative estimate of drug-likeness (QED) is 0.905. The van der Waals surface area contributed by atoms with Gasteiger partial charge >= 0.3 is 0 Å². The van der Waals surface area contributed by atoms with Gasteiger partial charge in [-0.15, -0.1) is 11.3 Å². The molecular weight excluding hydrogens is 242 g/mol. The topological polar surface area (TPSA) is 33.1 Å². The predicted molar refractivity (Wildman–Crippen MR) is 66.8 cm³/mol. The minimum Gasteiger partial charge on any atom is -0.387 e. The lowest BCUT2D eigenvalue weighted by atomic mass is 10.1. The van der Waals surface area contributed by atoms with Crippen molar-refractivity contribution in [1.29, 1.82) is 0 Å². The number of halogens is 1. The molecule has 2 aromatic rings. The molecule has 0 saturated carbocycles. The molecule has 84 valence electrons. The van der Waals surface area contributed by atoms with Gasteiger partial charge in [0.05, 0.1) is 16.8 Å². The summed E-state index contributed by atoms with van der Waals surface area (Å²) in [5.41, 5.74) is 0.570. The highest BCUT2D eigenvalue weighted by atomic mass is 35.5. The van der Waals surface area contributed by atoms with Gasteiger partial charge in [0.15, 0.2) is 0 Å². The number of rotatable bonds is 4. The Morgan fingerprint density at radius 2 is 2.25 bits per heavy atom. The first-order valence-corrected chi connectivity index (χ1v) is 6.34. The Hall–Kier alpha value is -0.900. The van der Waals surface area contributed by atoms with E-state index < -0.39 is 6.10 Å². The lowest BCUT2D eigenvalue weighted by molar-refractivity contribution is 0.163. The second-order valence-electron chi connectivity index (χ2n) is 3.50. The normalized spacial score (nSPS) is 12.6. The maximum absolute atomic E-state index is 9.96. The van der Waals surface area contributed by atoms with Gasteiger partial charge in [0, 0.05) is 11.1 Å². The van der Waals surface area contributed by atoms with Crippen molar-refractivity contribution in [2.75, 3.05) is 0 Å². The standard InChI is InChI=1S/C12H12ClNOS/c13-10-4-1-7-14-12(10)11(15)6-5-9-3-2-8-16-9/h1-4,7-8,11,15H,5-6H2. The van der Waals surface area contributed by atoms with Crippen molar-refractivity contribution in [1.82, 2.24) is 4.98 Å². The zero-order valence-electron chi connectivity index (χ0n) is 8.64. The van der Waals surface area contributed by atoms with E-state index in [1.165, 1.54) is 4.88 Å². The zero-order chi connectivity index (χ0) is 11.4. The number of aliphatic hydroxyl groups excluding tert-OH is 1. The second kappa shape index (κ2) is 5.43. The van der Waals surface area contributed by atoms with Gasteiger partial charge in [-0.1, -0.05) is 17.7 Å². The van der Waals surface area contributed by atoms with Gasteiger partial charge < -0.3 is 5.11 Å². The molecular formula is C12H12ClNOS. The van der Waals surface area contributed by atoms with Crippen molar-refractivity contribution >= 4 is 22.9 Å². The molecule has 1 unspecified atom stereocenters.